The van der Waals surface area contributed by atoms with E-state index in [1.807, 2.05) is 41.8 Å². The average Bonchev–Trinajstić information content (AvgIpc) is 3.01. The number of rotatable bonds is 4. The standard InChI is InChI=1S/C16H17NO2S/c18-14-8-9-19-11-13(14)16(15-7-4-10-20-15)17-12-5-2-1-3-6-12/h1-7,10,13,16-17H,8-9,11H2. The Morgan fingerprint density at radius 3 is 2.75 bits per heavy atom. The minimum atomic E-state index is -0.109. The molecule has 1 N–H and O–H groups in total. The Morgan fingerprint density at radius 1 is 1.20 bits per heavy atom. The second kappa shape index (κ2) is 6.20. The van der Waals surface area contributed by atoms with Crippen LogP contribution in [0.2, 0.25) is 0 Å². The predicted octanol–water partition coefficient (Wildman–Crippen LogP) is 3.51. The number of thiophene rings is 1. The van der Waals surface area contributed by atoms with Crippen molar-refractivity contribution < 1.29 is 9.53 Å². The first-order chi connectivity index (χ1) is 9.84. The molecule has 0 amide bonds. The Kier molecular flexibility index (Phi) is 4.14. The summed E-state index contributed by atoms with van der Waals surface area (Å²) in [6.45, 7) is 1.05. The van der Waals surface area contributed by atoms with E-state index in [9.17, 15) is 4.79 Å². The molecule has 104 valence electrons. The van der Waals surface area contributed by atoms with Crippen molar-refractivity contribution in [3.63, 3.8) is 0 Å². The molecular formula is C16H17NO2S. The van der Waals surface area contributed by atoms with Crippen molar-refractivity contribution in [1.29, 1.82) is 0 Å². The Hall–Kier alpha value is -1.65. The summed E-state index contributed by atoms with van der Waals surface area (Å²) in [5.41, 5.74) is 1.03. The normalized spacial score (nSPS) is 20.6. The first-order valence-corrected chi connectivity index (χ1v) is 7.68. The van der Waals surface area contributed by atoms with Gasteiger partial charge < -0.3 is 10.1 Å². The monoisotopic (exact) mass is 287 g/mol. The van der Waals surface area contributed by atoms with Crippen LogP contribution in [0.1, 0.15) is 17.3 Å². The van der Waals surface area contributed by atoms with Crippen LogP contribution in [0.25, 0.3) is 0 Å². The molecule has 3 nitrogen and oxygen atoms in total. The van der Waals surface area contributed by atoms with Crippen LogP contribution in [-0.4, -0.2) is 19.0 Å². The number of carbonyl (C=O) groups is 1. The van der Waals surface area contributed by atoms with E-state index in [4.69, 9.17) is 4.74 Å². The summed E-state index contributed by atoms with van der Waals surface area (Å²) in [5.74, 6) is 0.181. The number of para-hydroxylation sites is 1. The van der Waals surface area contributed by atoms with E-state index in [1.54, 1.807) is 11.3 Å². The van der Waals surface area contributed by atoms with Gasteiger partial charge >= 0.3 is 0 Å². The van der Waals surface area contributed by atoms with Crippen LogP contribution in [0, 0.1) is 5.92 Å². The number of anilines is 1. The van der Waals surface area contributed by atoms with E-state index < -0.39 is 0 Å². The number of hydrogen-bond donors (Lipinski definition) is 1. The van der Waals surface area contributed by atoms with Crippen LogP contribution >= 0.6 is 11.3 Å². The topological polar surface area (TPSA) is 38.3 Å². The van der Waals surface area contributed by atoms with Gasteiger partial charge in [-0.1, -0.05) is 24.3 Å². The lowest BCUT2D eigenvalue weighted by Crippen LogP contribution is -2.35. The van der Waals surface area contributed by atoms with Crippen LogP contribution in [-0.2, 0) is 9.53 Å². The number of nitrogens with one attached hydrogen (secondary N) is 1. The smallest absolute Gasteiger partial charge is 0.143 e. The minimum absolute atomic E-state index is 0.00907. The van der Waals surface area contributed by atoms with E-state index in [0.717, 1.165) is 5.69 Å². The first kappa shape index (κ1) is 13.3. The number of carbonyl (C=O) groups excluding carboxylic acids is 1. The maximum absolute atomic E-state index is 12.2. The zero-order valence-electron chi connectivity index (χ0n) is 11.1. The van der Waals surface area contributed by atoms with Gasteiger partial charge in [-0.2, -0.15) is 0 Å². The van der Waals surface area contributed by atoms with Crippen molar-refractivity contribution >= 4 is 22.8 Å². The van der Waals surface area contributed by atoms with Gasteiger partial charge in [0.2, 0.25) is 0 Å². The average molecular weight is 287 g/mol. The lowest BCUT2D eigenvalue weighted by molar-refractivity contribution is -0.131. The first-order valence-electron chi connectivity index (χ1n) is 6.80. The van der Waals surface area contributed by atoms with Gasteiger partial charge in [-0.3, -0.25) is 4.79 Å². The Morgan fingerprint density at radius 2 is 2.05 bits per heavy atom. The Labute approximate surface area is 122 Å². The highest BCUT2D eigenvalue weighted by atomic mass is 32.1. The number of ketones is 1. The van der Waals surface area contributed by atoms with Crippen molar-refractivity contribution in [2.24, 2.45) is 5.92 Å². The molecule has 4 heteroatoms. The quantitative estimate of drug-likeness (QED) is 0.935. The second-order valence-corrected chi connectivity index (χ2v) is 5.88. The van der Waals surface area contributed by atoms with Crippen LogP contribution in [0.4, 0.5) is 5.69 Å². The molecule has 1 aliphatic heterocycles. The fourth-order valence-electron chi connectivity index (χ4n) is 2.50. The molecule has 1 fully saturated rings. The molecule has 1 aromatic carbocycles. The van der Waals surface area contributed by atoms with Gasteiger partial charge in [-0.05, 0) is 23.6 Å². The van der Waals surface area contributed by atoms with Gasteiger partial charge in [-0.25, -0.2) is 0 Å². The summed E-state index contributed by atoms with van der Waals surface area (Å²) in [4.78, 5) is 13.4. The van der Waals surface area contributed by atoms with Gasteiger partial charge in [0, 0.05) is 17.0 Å². The molecule has 0 spiro atoms. The Bertz CT molecular complexity index is 553. The summed E-state index contributed by atoms with van der Waals surface area (Å²) in [6, 6.07) is 14.1. The van der Waals surface area contributed by atoms with E-state index in [0.29, 0.717) is 19.6 Å². The maximum atomic E-state index is 12.2. The molecule has 0 aliphatic carbocycles. The van der Waals surface area contributed by atoms with Crippen LogP contribution in [0.5, 0.6) is 0 Å². The SMILES string of the molecule is O=C1CCOCC1C(Nc1ccccc1)c1cccs1. The van der Waals surface area contributed by atoms with E-state index >= 15 is 0 Å². The van der Waals surface area contributed by atoms with Crippen LogP contribution < -0.4 is 5.32 Å². The zero-order valence-corrected chi connectivity index (χ0v) is 11.9. The zero-order chi connectivity index (χ0) is 13.8. The molecule has 0 saturated carbocycles. The largest absolute Gasteiger partial charge is 0.380 e. The summed E-state index contributed by atoms with van der Waals surface area (Å²) in [6.07, 6.45) is 0.517. The fourth-order valence-corrected chi connectivity index (χ4v) is 3.34. The van der Waals surface area contributed by atoms with Crippen LogP contribution in [0.15, 0.2) is 47.8 Å². The number of ether oxygens (including phenoxy) is 1. The van der Waals surface area contributed by atoms with E-state index in [-0.39, 0.29) is 17.7 Å². The molecule has 3 rings (SSSR count). The summed E-state index contributed by atoms with van der Waals surface area (Å²) >= 11 is 1.68. The molecule has 0 radical (unpaired) electrons. The highest BCUT2D eigenvalue weighted by Gasteiger charge is 2.32. The minimum Gasteiger partial charge on any atom is -0.380 e. The molecule has 2 atom stereocenters. The fraction of sp³-hybridized carbons (Fsp3) is 0.312. The molecule has 1 aliphatic rings. The number of Topliss-reactive ketones (excluding diaryl/α,β-unsaturated/α-hetero) is 1. The molecular weight excluding hydrogens is 270 g/mol. The molecule has 20 heavy (non-hydrogen) atoms. The van der Waals surface area contributed by atoms with Crippen molar-refractivity contribution in [3.8, 4) is 0 Å². The van der Waals surface area contributed by atoms with Crippen molar-refractivity contribution in [2.45, 2.75) is 12.5 Å². The molecule has 2 heterocycles. The molecule has 1 aromatic heterocycles. The summed E-state index contributed by atoms with van der Waals surface area (Å²) in [7, 11) is 0. The maximum Gasteiger partial charge on any atom is 0.143 e. The highest BCUT2D eigenvalue weighted by Crippen LogP contribution is 2.32. The van der Waals surface area contributed by atoms with E-state index in [1.165, 1.54) is 4.88 Å². The van der Waals surface area contributed by atoms with E-state index in [2.05, 4.69) is 11.4 Å². The molecule has 2 unspecified atom stereocenters. The second-order valence-electron chi connectivity index (χ2n) is 4.90. The molecule has 2 aromatic rings. The third-order valence-electron chi connectivity index (χ3n) is 3.55. The highest BCUT2D eigenvalue weighted by molar-refractivity contribution is 7.10. The van der Waals surface area contributed by atoms with Crippen LogP contribution in [0.3, 0.4) is 0 Å². The van der Waals surface area contributed by atoms with Gasteiger partial charge in [0.05, 0.1) is 25.2 Å². The third-order valence-corrected chi connectivity index (χ3v) is 4.51. The summed E-state index contributed by atoms with van der Waals surface area (Å²) < 4.78 is 5.51. The van der Waals surface area contributed by atoms with Gasteiger partial charge in [0.1, 0.15) is 5.78 Å². The van der Waals surface area contributed by atoms with Crippen molar-refractivity contribution in [2.75, 3.05) is 18.5 Å². The lowest BCUT2D eigenvalue weighted by Gasteiger charge is -2.30. The third kappa shape index (κ3) is 2.92. The number of hydrogen-bond acceptors (Lipinski definition) is 4. The van der Waals surface area contributed by atoms with Gasteiger partial charge in [-0.15, -0.1) is 11.3 Å². The molecule has 0 bridgehead atoms. The van der Waals surface area contributed by atoms with Crippen molar-refractivity contribution in [3.05, 3.63) is 52.7 Å². The molecule has 1 saturated heterocycles. The predicted molar refractivity (Wildman–Crippen MR) is 81.1 cm³/mol. The Balaban J connectivity index is 1.86. The number of benzene rings is 1. The summed E-state index contributed by atoms with van der Waals surface area (Å²) in [5, 5.41) is 5.54. The van der Waals surface area contributed by atoms with Gasteiger partial charge in [0.25, 0.3) is 0 Å². The van der Waals surface area contributed by atoms with Gasteiger partial charge in [0.15, 0.2) is 0 Å². The lowest BCUT2D eigenvalue weighted by atomic mass is 9.91. The van der Waals surface area contributed by atoms with Crippen molar-refractivity contribution in [1.82, 2.24) is 0 Å².